The van der Waals surface area contributed by atoms with E-state index in [1.54, 1.807) is 5.57 Å². The third kappa shape index (κ3) is 2.10. The van der Waals surface area contributed by atoms with Crippen LogP contribution >= 0.6 is 0 Å². The van der Waals surface area contributed by atoms with Crippen LogP contribution in [0.5, 0.6) is 0 Å². The highest BCUT2D eigenvalue weighted by Gasteiger charge is 2.10. The molecule has 1 aliphatic carbocycles. The van der Waals surface area contributed by atoms with Crippen LogP contribution in [-0.2, 0) is 0 Å². The van der Waals surface area contributed by atoms with Gasteiger partial charge in [0.05, 0.1) is 0 Å². The molecule has 1 heteroatoms. The van der Waals surface area contributed by atoms with Gasteiger partial charge in [-0.15, -0.1) is 0 Å². The van der Waals surface area contributed by atoms with Gasteiger partial charge in [-0.1, -0.05) is 24.3 Å². The van der Waals surface area contributed by atoms with Crippen LogP contribution < -0.4 is 0 Å². The Balaban J connectivity index is 2.08. The largest absolute Gasteiger partial charge is 0.302 e. The molecule has 0 atom stereocenters. The van der Waals surface area contributed by atoms with Crippen LogP contribution in [0.4, 0.5) is 0 Å². The van der Waals surface area contributed by atoms with Gasteiger partial charge in [0, 0.05) is 13.1 Å². The van der Waals surface area contributed by atoms with E-state index in [-0.39, 0.29) is 0 Å². The molecule has 2 aliphatic rings. The summed E-state index contributed by atoms with van der Waals surface area (Å²) >= 11 is 0. The van der Waals surface area contributed by atoms with Crippen LogP contribution in [0.25, 0.3) is 0 Å². The fourth-order valence-electron chi connectivity index (χ4n) is 1.88. The Morgan fingerprint density at radius 1 is 1.23 bits per heavy atom. The average Bonchev–Trinajstić information content (AvgIpc) is 2.20. The topological polar surface area (TPSA) is 3.24 Å². The van der Waals surface area contributed by atoms with Crippen molar-refractivity contribution < 1.29 is 0 Å². The second-order valence-corrected chi connectivity index (χ2v) is 3.88. The minimum absolute atomic E-state index is 1.11. The predicted octanol–water partition coefficient (Wildman–Crippen LogP) is 2.52. The molecule has 1 nitrogen and oxygen atoms in total. The van der Waals surface area contributed by atoms with Gasteiger partial charge in [-0.05, 0) is 37.5 Å². The third-order valence-corrected chi connectivity index (χ3v) is 2.78. The van der Waals surface area contributed by atoms with Gasteiger partial charge in [0.15, 0.2) is 0 Å². The van der Waals surface area contributed by atoms with Crippen molar-refractivity contribution in [1.29, 1.82) is 0 Å². The summed E-state index contributed by atoms with van der Waals surface area (Å²) in [7, 11) is 2.18. The van der Waals surface area contributed by atoms with Gasteiger partial charge in [-0.25, -0.2) is 0 Å². The molecule has 0 amide bonds. The smallest absolute Gasteiger partial charge is 0.0166 e. The maximum Gasteiger partial charge on any atom is 0.0166 e. The Kier molecular flexibility index (Phi) is 2.65. The van der Waals surface area contributed by atoms with Gasteiger partial charge in [0.25, 0.3) is 0 Å². The fraction of sp³-hybridized carbons (Fsp3) is 0.500. The van der Waals surface area contributed by atoms with Gasteiger partial charge >= 0.3 is 0 Å². The van der Waals surface area contributed by atoms with Gasteiger partial charge in [0.1, 0.15) is 0 Å². The van der Waals surface area contributed by atoms with Crippen molar-refractivity contribution in [1.82, 2.24) is 4.90 Å². The van der Waals surface area contributed by atoms with E-state index in [0.717, 1.165) is 6.54 Å². The first-order valence-corrected chi connectivity index (χ1v) is 5.11. The maximum atomic E-state index is 2.37. The third-order valence-electron chi connectivity index (χ3n) is 2.78. The Morgan fingerprint density at radius 3 is 2.77 bits per heavy atom. The quantitative estimate of drug-likeness (QED) is 0.592. The van der Waals surface area contributed by atoms with E-state index in [4.69, 9.17) is 0 Å². The molecule has 0 aromatic carbocycles. The lowest BCUT2D eigenvalue weighted by Crippen LogP contribution is -2.24. The highest BCUT2D eigenvalue weighted by molar-refractivity contribution is 5.42. The van der Waals surface area contributed by atoms with Crippen LogP contribution in [-0.4, -0.2) is 25.0 Å². The van der Waals surface area contributed by atoms with Crippen molar-refractivity contribution in [3.05, 3.63) is 35.5 Å². The van der Waals surface area contributed by atoms with Gasteiger partial charge < -0.3 is 4.90 Å². The van der Waals surface area contributed by atoms with Crippen molar-refractivity contribution >= 4 is 0 Å². The average molecular weight is 175 g/mol. The highest BCUT2D eigenvalue weighted by Crippen LogP contribution is 2.22. The molecule has 0 saturated carbocycles. The normalized spacial score (nSPS) is 24.1. The molecule has 1 aliphatic heterocycles. The molecule has 0 aromatic heterocycles. The number of hydrogen-bond donors (Lipinski definition) is 0. The van der Waals surface area contributed by atoms with Crippen LogP contribution in [0.2, 0.25) is 0 Å². The van der Waals surface area contributed by atoms with Crippen molar-refractivity contribution in [2.24, 2.45) is 0 Å². The van der Waals surface area contributed by atoms with Gasteiger partial charge in [0.2, 0.25) is 0 Å². The Morgan fingerprint density at radius 2 is 2.15 bits per heavy atom. The lowest BCUT2D eigenvalue weighted by atomic mass is 9.95. The summed E-state index contributed by atoms with van der Waals surface area (Å²) in [5, 5.41) is 0. The molecule has 13 heavy (non-hydrogen) atoms. The molecule has 0 radical (unpaired) electrons. The lowest BCUT2D eigenvalue weighted by Gasteiger charge is -2.23. The molecule has 70 valence electrons. The molecule has 0 spiro atoms. The van der Waals surface area contributed by atoms with E-state index < -0.39 is 0 Å². The Hall–Kier alpha value is -0.820. The number of hydrogen-bond acceptors (Lipinski definition) is 1. The highest BCUT2D eigenvalue weighted by atomic mass is 15.1. The second-order valence-electron chi connectivity index (χ2n) is 3.88. The molecule has 0 N–H and O–H groups in total. The molecule has 0 fully saturated rings. The van der Waals surface area contributed by atoms with Crippen molar-refractivity contribution in [2.45, 2.75) is 19.3 Å². The van der Waals surface area contributed by atoms with E-state index in [1.165, 1.54) is 31.4 Å². The summed E-state index contributed by atoms with van der Waals surface area (Å²) in [6.45, 7) is 2.32. The van der Waals surface area contributed by atoms with Crippen LogP contribution in [0.15, 0.2) is 35.5 Å². The standard InChI is InChI=1S/C12H17N/c1-13-9-7-12(8-10-13)11-5-3-2-4-6-11/h3,5-7H,2,4,8-10H2,1H3. The summed E-state index contributed by atoms with van der Waals surface area (Å²) in [4.78, 5) is 2.36. The second kappa shape index (κ2) is 3.93. The first-order valence-electron chi connectivity index (χ1n) is 5.11. The van der Waals surface area contributed by atoms with Crippen molar-refractivity contribution in [3.63, 3.8) is 0 Å². The molecular formula is C12H17N. The van der Waals surface area contributed by atoms with Crippen LogP contribution in [0, 0.1) is 0 Å². The molecular weight excluding hydrogens is 158 g/mol. The van der Waals surface area contributed by atoms with Gasteiger partial charge in [-0.3, -0.25) is 0 Å². The molecule has 2 rings (SSSR count). The number of allylic oxidation sites excluding steroid dienone is 4. The molecule has 0 aromatic rings. The molecule has 0 unspecified atom stereocenters. The maximum absolute atomic E-state index is 2.37. The van der Waals surface area contributed by atoms with Crippen LogP contribution in [0.3, 0.4) is 0 Å². The summed E-state index contributed by atoms with van der Waals surface area (Å²) in [5.41, 5.74) is 3.02. The van der Waals surface area contributed by atoms with Crippen molar-refractivity contribution in [3.8, 4) is 0 Å². The lowest BCUT2D eigenvalue weighted by molar-refractivity contribution is 0.360. The van der Waals surface area contributed by atoms with Crippen LogP contribution in [0.1, 0.15) is 19.3 Å². The summed E-state index contributed by atoms with van der Waals surface area (Å²) in [5.74, 6) is 0. The van der Waals surface area contributed by atoms with E-state index in [9.17, 15) is 0 Å². The Bertz CT molecular complexity index is 271. The van der Waals surface area contributed by atoms with E-state index in [2.05, 4.69) is 36.3 Å². The minimum atomic E-state index is 1.11. The number of likely N-dealkylation sites (N-methyl/N-ethyl adjacent to an activating group) is 1. The minimum Gasteiger partial charge on any atom is -0.302 e. The van der Waals surface area contributed by atoms with E-state index in [0.29, 0.717) is 0 Å². The zero-order valence-electron chi connectivity index (χ0n) is 8.29. The molecule has 1 heterocycles. The zero-order valence-corrected chi connectivity index (χ0v) is 8.29. The summed E-state index contributed by atoms with van der Waals surface area (Å²) in [6, 6.07) is 0. The Labute approximate surface area is 80.4 Å². The summed E-state index contributed by atoms with van der Waals surface area (Å²) in [6.07, 6.45) is 13.0. The first-order chi connectivity index (χ1) is 6.36. The fourth-order valence-corrected chi connectivity index (χ4v) is 1.88. The first kappa shape index (κ1) is 8.76. The number of nitrogens with zero attached hydrogens (tertiary/aromatic N) is 1. The predicted molar refractivity (Wildman–Crippen MR) is 56.7 cm³/mol. The van der Waals surface area contributed by atoms with E-state index in [1.807, 2.05) is 0 Å². The number of rotatable bonds is 1. The summed E-state index contributed by atoms with van der Waals surface area (Å²) < 4.78 is 0. The zero-order chi connectivity index (χ0) is 9.10. The SMILES string of the molecule is CN1CC=C(C2=CCCC=C2)CC1. The monoisotopic (exact) mass is 175 g/mol. The van der Waals surface area contributed by atoms with E-state index >= 15 is 0 Å². The van der Waals surface area contributed by atoms with Gasteiger partial charge in [-0.2, -0.15) is 0 Å². The molecule has 0 bridgehead atoms. The van der Waals surface area contributed by atoms with Crippen molar-refractivity contribution in [2.75, 3.05) is 20.1 Å². The molecule has 0 saturated heterocycles.